The third-order valence-corrected chi connectivity index (χ3v) is 7.10. The summed E-state index contributed by atoms with van der Waals surface area (Å²) in [4.78, 5) is 31.0. The molecule has 7 nitrogen and oxygen atoms in total. The number of nitrogens with zero attached hydrogens (tertiary/aromatic N) is 3. The van der Waals surface area contributed by atoms with Crippen LogP contribution in [0.4, 0.5) is 0 Å². The number of hydrogen-bond acceptors (Lipinski definition) is 6. The van der Waals surface area contributed by atoms with Crippen LogP contribution in [0.3, 0.4) is 0 Å². The molecule has 0 radical (unpaired) electrons. The molecular weight excluding hydrogens is 488 g/mol. The number of unbranched alkanes of at least 4 members (excludes halogenated alkanes) is 1. The summed E-state index contributed by atoms with van der Waals surface area (Å²) < 4.78 is 5.99. The summed E-state index contributed by atoms with van der Waals surface area (Å²) in [5, 5.41) is 12.4. The third kappa shape index (κ3) is 8.49. The van der Waals surface area contributed by atoms with Gasteiger partial charge in [-0.2, -0.15) is 5.26 Å². The fraction of sp³-hybridized carbons (Fsp3) is 0.375. The van der Waals surface area contributed by atoms with Gasteiger partial charge in [-0.25, -0.2) is 0 Å². The van der Waals surface area contributed by atoms with Crippen molar-refractivity contribution in [2.45, 2.75) is 57.6 Å². The molecule has 39 heavy (non-hydrogen) atoms. The van der Waals surface area contributed by atoms with Gasteiger partial charge in [0.25, 0.3) is 0 Å². The van der Waals surface area contributed by atoms with E-state index >= 15 is 0 Å². The molecule has 7 heteroatoms. The molecule has 3 aromatic rings. The van der Waals surface area contributed by atoms with Crippen LogP contribution in [-0.4, -0.2) is 47.3 Å². The predicted octanol–water partition coefficient (Wildman–Crippen LogP) is 4.81. The summed E-state index contributed by atoms with van der Waals surface area (Å²) in [5.74, 6) is 0.998. The Labute approximate surface area is 230 Å². The number of Topliss-reactive ketones (excluding diaryl/α,β-unsaturated/α-hetero) is 1. The Morgan fingerprint density at radius 1 is 1.08 bits per heavy atom. The first-order valence-corrected chi connectivity index (χ1v) is 13.7. The summed E-state index contributed by atoms with van der Waals surface area (Å²) in [6.45, 7) is 3.62. The Kier molecular flexibility index (Phi) is 10.2. The average Bonchev–Trinajstić information content (AvgIpc) is 3.44. The smallest absolute Gasteiger partial charge is 0.219 e. The number of ether oxygens (including phenoxy) is 1. The molecule has 1 aromatic heterocycles. The Bertz CT molecular complexity index is 1250. The number of rotatable bonds is 13. The van der Waals surface area contributed by atoms with E-state index in [2.05, 4.69) is 16.4 Å². The van der Waals surface area contributed by atoms with E-state index in [0.717, 1.165) is 61.2 Å². The second-order valence-electron chi connectivity index (χ2n) is 10.0. The molecule has 202 valence electrons. The molecule has 1 fully saturated rings. The number of pyridine rings is 1. The SMILES string of the molecule is CC(=O)N1CC[C@@H](Oc2ccc(CCCCC(=O)C(NCCc3ccc(C#N)cc3)c3ccccc3)nc2)C1. The number of carbonyl (C=O) groups excluding carboxylic acids is 2. The van der Waals surface area contributed by atoms with Gasteiger partial charge in [0.1, 0.15) is 11.9 Å². The van der Waals surface area contributed by atoms with Crippen LogP contribution in [0.5, 0.6) is 5.75 Å². The van der Waals surface area contributed by atoms with E-state index in [1.165, 1.54) is 0 Å². The second kappa shape index (κ2) is 14.2. The lowest BCUT2D eigenvalue weighted by Gasteiger charge is -2.18. The molecule has 0 aliphatic carbocycles. The minimum atomic E-state index is -0.339. The van der Waals surface area contributed by atoms with Crippen LogP contribution in [0.25, 0.3) is 0 Å². The van der Waals surface area contributed by atoms with Crippen LogP contribution in [0.2, 0.25) is 0 Å². The number of aryl methyl sites for hydroxylation is 1. The zero-order valence-corrected chi connectivity index (χ0v) is 22.5. The quantitative estimate of drug-likeness (QED) is 0.323. The Morgan fingerprint density at radius 2 is 1.87 bits per heavy atom. The van der Waals surface area contributed by atoms with E-state index in [4.69, 9.17) is 10.00 Å². The molecule has 0 spiro atoms. The highest BCUT2D eigenvalue weighted by atomic mass is 16.5. The molecule has 0 bridgehead atoms. The number of ketones is 1. The minimum absolute atomic E-state index is 0.0165. The topological polar surface area (TPSA) is 95.3 Å². The summed E-state index contributed by atoms with van der Waals surface area (Å²) in [6.07, 6.45) is 6.36. The molecule has 2 heterocycles. The highest BCUT2D eigenvalue weighted by Gasteiger charge is 2.25. The lowest BCUT2D eigenvalue weighted by atomic mass is 9.98. The van der Waals surface area contributed by atoms with Crippen LogP contribution >= 0.6 is 0 Å². The van der Waals surface area contributed by atoms with Crippen molar-refractivity contribution in [3.8, 4) is 11.8 Å². The van der Waals surface area contributed by atoms with Gasteiger partial charge in [-0.05, 0) is 61.1 Å². The second-order valence-corrected chi connectivity index (χ2v) is 10.0. The van der Waals surface area contributed by atoms with E-state index in [0.29, 0.717) is 25.1 Å². The van der Waals surface area contributed by atoms with Gasteiger partial charge in [0, 0.05) is 38.5 Å². The van der Waals surface area contributed by atoms with Crippen LogP contribution in [0.15, 0.2) is 72.9 Å². The van der Waals surface area contributed by atoms with Crippen LogP contribution in [0.1, 0.15) is 61.0 Å². The fourth-order valence-electron chi connectivity index (χ4n) is 4.85. The van der Waals surface area contributed by atoms with Gasteiger partial charge < -0.3 is 15.0 Å². The summed E-state index contributed by atoms with van der Waals surface area (Å²) in [7, 11) is 0. The van der Waals surface area contributed by atoms with Crippen LogP contribution in [-0.2, 0) is 22.4 Å². The van der Waals surface area contributed by atoms with Crippen molar-refractivity contribution in [3.05, 3.63) is 95.3 Å². The molecule has 1 aliphatic heterocycles. The first kappa shape index (κ1) is 28.0. The van der Waals surface area contributed by atoms with Crippen LogP contribution < -0.4 is 10.1 Å². The van der Waals surface area contributed by atoms with Crippen LogP contribution in [0, 0.1) is 11.3 Å². The molecule has 1 N–H and O–H groups in total. The lowest BCUT2D eigenvalue weighted by molar-refractivity contribution is -0.128. The van der Waals surface area contributed by atoms with E-state index in [1.54, 1.807) is 18.0 Å². The molecule has 1 aliphatic rings. The third-order valence-electron chi connectivity index (χ3n) is 7.10. The van der Waals surface area contributed by atoms with E-state index in [-0.39, 0.29) is 23.8 Å². The van der Waals surface area contributed by atoms with Gasteiger partial charge >= 0.3 is 0 Å². The highest BCUT2D eigenvalue weighted by molar-refractivity contribution is 5.85. The van der Waals surface area contributed by atoms with Crippen molar-refractivity contribution >= 4 is 11.7 Å². The van der Waals surface area contributed by atoms with Crippen molar-refractivity contribution < 1.29 is 14.3 Å². The molecule has 2 atom stereocenters. The van der Waals surface area contributed by atoms with Gasteiger partial charge in [-0.15, -0.1) is 0 Å². The summed E-state index contributed by atoms with van der Waals surface area (Å²) >= 11 is 0. The standard InChI is InChI=1S/C32H36N4O3/c1-24(37)36-20-18-30(23-36)39-29-16-15-28(35-22-29)9-5-6-10-31(38)32(27-7-3-2-4-8-27)34-19-17-25-11-13-26(21-33)14-12-25/h2-4,7-8,11-16,22,30,32,34H,5-6,9-10,17-20,23H2,1H3/t30-,32?/m1/s1. The van der Waals surface area contributed by atoms with Gasteiger partial charge in [0.2, 0.25) is 5.91 Å². The Morgan fingerprint density at radius 3 is 2.54 bits per heavy atom. The Balaban J connectivity index is 1.22. The molecule has 4 rings (SSSR count). The average molecular weight is 525 g/mol. The number of aromatic nitrogens is 1. The van der Waals surface area contributed by atoms with Gasteiger partial charge in [0.15, 0.2) is 5.78 Å². The van der Waals surface area contributed by atoms with Gasteiger partial charge in [-0.3, -0.25) is 14.6 Å². The maximum absolute atomic E-state index is 13.2. The number of likely N-dealkylation sites (tertiary alicyclic amines) is 1. The first-order valence-electron chi connectivity index (χ1n) is 13.7. The number of nitrogens with one attached hydrogen (secondary N) is 1. The maximum Gasteiger partial charge on any atom is 0.219 e. The van der Waals surface area contributed by atoms with Crippen molar-refractivity contribution in [2.75, 3.05) is 19.6 Å². The zero-order valence-electron chi connectivity index (χ0n) is 22.5. The monoisotopic (exact) mass is 524 g/mol. The minimum Gasteiger partial charge on any atom is -0.487 e. The normalized spacial score (nSPS) is 15.5. The number of hydrogen-bond donors (Lipinski definition) is 1. The molecule has 1 amide bonds. The number of benzene rings is 2. The molecule has 2 aromatic carbocycles. The molecular formula is C32H36N4O3. The number of carbonyl (C=O) groups is 2. The zero-order chi connectivity index (χ0) is 27.5. The Hall–Kier alpha value is -4.02. The van der Waals surface area contributed by atoms with Gasteiger partial charge in [-0.1, -0.05) is 42.5 Å². The first-order chi connectivity index (χ1) is 19.0. The van der Waals surface area contributed by atoms with Crippen molar-refractivity contribution in [1.82, 2.24) is 15.2 Å². The largest absolute Gasteiger partial charge is 0.487 e. The molecule has 1 unspecified atom stereocenters. The maximum atomic E-state index is 13.2. The van der Waals surface area contributed by atoms with E-state index < -0.39 is 0 Å². The highest BCUT2D eigenvalue weighted by Crippen LogP contribution is 2.20. The molecule has 0 saturated carbocycles. The lowest BCUT2D eigenvalue weighted by Crippen LogP contribution is -2.30. The molecule has 1 saturated heterocycles. The summed E-state index contributed by atoms with van der Waals surface area (Å²) in [6, 6.07) is 23.2. The predicted molar refractivity (Wildman–Crippen MR) is 150 cm³/mol. The fourth-order valence-corrected chi connectivity index (χ4v) is 4.85. The van der Waals surface area contributed by atoms with Crippen molar-refractivity contribution in [3.63, 3.8) is 0 Å². The van der Waals surface area contributed by atoms with Crippen molar-refractivity contribution in [2.24, 2.45) is 0 Å². The van der Waals surface area contributed by atoms with E-state index in [9.17, 15) is 9.59 Å². The van der Waals surface area contributed by atoms with Gasteiger partial charge in [0.05, 0.1) is 30.4 Å². The summed E-state index contributed by atoms with van der Waals surface area (Å²) in [5.41, 5.74) is 3.74. The number of nitriles is 1. The van der Waals surface area contributed by atoms with E-state index in [1.807, 2.05) is 66.7 Å². The van der Waals surface area contributed by atoms with Crippen molar-refractivity contribution in [1.29, 1.82) is 5.26 Å². The number of amides is 1.